The zero-order valence-electron chi connectivity index (χ0n) is 13.1. The number of hydrogen-bond donors (Lipinski definition) is 2. The summed E-state index contributed by atoms with van der Waals surface area (Å²) in [4.78, 5) is 15.7. The number of pyridine rings is 1. The van der Waals surface area contributed by atoms with Crippen LogP contribution in [0.1, 0.15) is 45.3 Å². The predicted octanol–water partition coefficient (Wildman–Crippen LogP) is 4.16. The van der Waals surface area contributed by atoms with E-state index in [9.17, 15) is 18.7 Å². The molecule has 1 aromatic rings. The van der Waals surface area contributed by atoms with Crippen molar-refractivity contribution in [1.29, 1.82) is 0 Å². The second-order valence-electron chi connectivity index (χ2n) is 6.53. The lowest BCUT2D eigenvalue weighted by Crippen LogP contribution is -2.31. The van der Waals surface area contributed by atoms with Crippen LogP contribution in [0, 0.1) is 5.92 Å². The Kier molecular flexibility index (Phi) is 4.82. The maximum atomic E-state index is 14.2. The van der Waals surface area contributed by atoms with Crippen molar-refractivity contribution in [2.75, 3.05) is 5.32 Å². The van der Waals surface area contributed by atoms with Gasteiger partial charge in [-0.1, -0.05) is 11.6 Å². The average molecular weight is 349 g/mol. The van der Waals surface area contributed by atoms with Gasteiger partial charge in [-0.2, -0.15) is 0 Å². The molecule has 1 aliphatic rings. The van der Waals surface area contributed by atoms with Crippen LogP contribution in [0.25, 0.3) is 0 Å². The molecule has 1 aromatic heterocycles. The first-order valence-electron chi connectivity index (χ1n) is 7.22. The van der Waals surface area contributed by atoms with Gasteiger partial charge < -0.3 is 9.84 Å². The zero-order valence-corrected chi connectivity index (χ0v) is 13.8. The molecule has 0 radical (unpaired) electrons. The molecule has 1 aliphatic carbocycles. The molecule has 1 atom stereocenters. The molecule has 1 saturated carbocycles. The van der Waals surface area contributed by atoms with E-state index in [1.165, 1.54) is 12.3 Å². The fraction of sp³-hybridized carbons (Fsp3) is 0.600. The standard InChI is InChI=1S/C15H19ClF2N2O3/c1-14(2,3)23-13(22)20-12-10(9(16)6-7-19-12)11(21)15(17,18)8-4-5-8/h6-8,11,21H,4-5H2,1-3H3,(H,19,20,22). The molecule has 0 aliphatic heterocycles. The second kappa shape index (κ2) is 6.20. The molecule has 2 rings (SSSR count). The minimum absolute atomic E-state index is 0.0983. The number of halogens is 3. The number of alkyl halides is 2. The molecule has 2 N–H and O–H groups in total. The van der Waals surface area contributed by atoms with Gasteiger partial charge in [0.1, 0.15) is 17.5 Å². The van der Waals surface area contributed by atoms with Crippen molar-refractivity contribution in [1.82, 2.24) is 4.98 Å². The number of carbonyl (C=O) groups is 1. The molecule has 5 nitrogen and oxygen atoms in total. The van der Waals surface area contributed by atoms with Crippen molar-refractivity contribution in [3.05, 3.63) is 22.8 Å². The number of amides is 1. The third-order valence-electron chi connectivity index (χ3n) is 3.32. The van der Waals surface area contributed by atoms with Crippen molar-refractivity contribution < 1.29 is 23.4 Å². The van der Waals surface area contributed by atoms with Gasteiger partial charge in [-0.3, -0.25) is 5.32 Å². The van der Waals surface area contributed by atoms with Crippen LogP contribution in [0.4, 0.5) is 19.4 Å². The number of hydrogen-bond acceptors (Lipinski definition) is 4. The molecule has 128 valence electrons. The minimum atomic E-state index is -3.34. The summed E-state index contributed by atoms with van der Waals surface area (Å²) < 4.78 is 33.4. The highest BCUT2D eigenvalue weighted by Crippen LogP contribution is 2.51. The van der Waals surface area contributed by atoms with Gasteiger partial charge in [-0.15, -0.1) is 0 Å². The van der Waals surface area contributed by atoms with Crippen LogP contribution in [-0.4, -0.2) is 27.7 Å². The summed E-state index contributed by atoms with van der Waals surface area (Å²) >= 11 is 5.95. The minimum Gasteiger partial charge on any atom is -0.444 e. The Bertz CT molecular complexity index is 601. The van der Waals surface area contributed by atoms with Crippen molar-refractivity contribution in [3.63, 3.8) is 0 Å². The highest BCUT2D eigenvalue weighted by molar-refractivity contribution is 6.31. The normalized spacial score (nSPS) is 16.8. The molecule has 0 aromatic carbocycles. The highest BCUT2D eigenvalue weighted by Gasteiger charge is 2.53. The van der Waals surface area contributed by atoms with Crippen molar-refractivity contribution in [2.45, 2.75) is 51.2 Å². The molecular weight excluding hydrogens is 330 g/mol. The van der Waals surface area contributed by atoms with Crippen LogP contribution in [-0.2, 0) is 4.74 Å². The van der Waals surface area contributed by atoms with Crippen LogP contribution in [0.15, 0.2) is 12.3 Å². The molecule has 0 bridgehead atoms. The van der Waals surface area contributed by atoms with Gasteiger partial charge in [-0.25, -0.2) is 18.6 Å². The maximum Gasteiger partial charge on any atom is 0.413 e. The van der Waals surface area contributed by atoms with E-state index >= 15 is 0 Å². The monoisotopic (exact) mass is 348 g/mol. The number of rotatable bonds is 4. The molecule has 0 saturated heterocycles. The van der Waals surface area contributed by atoms with E-state index in [4.69, 9.17) is 16.3 Å². The molecule has 1 heterocycles. The number of carbonyl (C=O) groups excluding carboxylic acids is 1. The van der Waals surface area contributed by atoms with Gasteiger partial charge in [0, 0.05) is 17.7 Å². The number of aliphatic hydroxyl groups excluding tert-OH is 1. The maximum absolute atomic E-state index is 14.2. The zero-order chi connectivity index (χ0) is 17.4. The Labute approximate surface area is 138 Å². The average Bonchev–Trinajstić information content (AvgIpc) is 3.20. The van der Waals surface area contributed by atoms with E-state index in [0.29, 0.717) is 12.8 Å². The van der Waals surface area contributed by atoms with Crippen molar-refractivity contribution in [3.8, 4) is 0 Å². The predicted molar refractivity (Wildman–Crippen MR) is 81.7 cm³/mol. The van der Waals surface area contributed by atoms with E-state index in [2.05, 4.69) is 10.3 Å². The summed E-state index contributed by atoms with van der Waals surface area (Å²) in [6.07, 6.45) is -1.08. The lowest BCUT2D eigenvalue weighted by atomic mass is 10.0. The first-order chi connectivity index (χ1) is 10.5. The lowest BCUT2D eigenvalue weighted by Gasteiger charge is -2.25. The smallest absolute Gasteiger partial charge is 0.413 e. The van der Waals surface area contributed by atoms with Gasteiger partial charge in [0.05, 0.1) is 5.02 Å². The largest absolute Gasteiger partial charge is 0.444 e. The summed E-state index contributed by atoms with van der Waals surface area (Å²) in [5, 5.41) is 12.3. The lowest BCUT2D eigenvalue weighted by molar-refractivity contribution is -0.126. The molecule has 8 heteroatoms. The van der Waals surface area contributed by atoms with Crippen molar-refractivity contribution in [2.24, 2.45) is 5.92 Å². The summed E-state index contributed by atoms with van der Waals surface area (Å²) in [7, 11) is 0. The summed E-state index contributed by atoms with van der Waals surface area (Å²) in [6.45, 7) is 4.99. The number of aromatic nitrogens is 1. The first kappa shape index (κ1) is 17.9. The molecule has 23 heavy (non-hydrogen) atoms. The van der Waals surface area contributed by atoms with Gasteiger partial charge in [0.25, 0.3) is 5.92 Å². The number of nitrogens with zero attached hydrogens (tertiary/aromatic N) is 1. The Hall–Kier alpha value is -1.47. The SMILES string of the molecule is CC(C)(C)OC(=O)Nc1nccc(Cl)c1C(O)C(F)(F)C1CC1. The van der Waals surface area contributed by atoms with Gasteiger partial charge in [0.15, 0.2) is 0 Å². The summed E-state index contributed by atoms with van der Waals surface area (Å²) in [5.41, 5.74) is -1.07. The van der Waals surface area contributed by atoms with E-state index in [1.54, 1.807) is 20.8 Å². The van der Waals surface area contributed by atoms with Crippen LogP contribution >= 0.6 is 11.6 Å². The topological polar surface area (TPSA) is 71.5 Å². The quantitative estimate of drug-likeness (QED) is 0.857. The summed E-state index contributed by atoms with van der Waals surface area (Å²) in [6, 6.07) is 1.28. The van der Waals surface area contributed by atoms with E-state index in [0.717, 1.165) is 0 Å². The Morgan fingerprint density at radius 2 is 2.09 bits per heavy atom. The number of aliphatic hydroxyl groups is 1. The molecule has 0 spiro atoms. The number of nitrogens with one attached hydrogen (secondary N) is 1. The Morgan fingerprint density at radius 1 is 1.48 bits per heavy atom. The Morgan fingerprint density at radius 3 is 2.61 bits per heavy atom. The third-order valence-corrected chi connectivity index (χ3v) is 3.65. The number of ether oxygens (including phenoxy) is 1. The third kappa shape index (κ3) is 4.29. The molecular formula is C15H19ClF2N2O3. The first-order valence-corrected chi connectivity index (χ1v) is 7.60. The van der Waals surface area contributed by atoms with Crippen LogP contribution in [0.2, 0.25) is 5.02 Å². The van der Waals surface area contributed by atoms with Gasteiger partial charge in [0.2, 0.25) is 0 Å². The molecule has 1 amide bonds. The number of anilines is 1. The summed E-state index contributed by atoms with van der Waals surface area (Å²) in [5.74, 6) is -4.46. The van der Waals surface area contributed by atoms with Gasteiger partial charge >= 0.3 is 6.09 Å². The highest BCUT2D eigenvalue weighted by atomic mass is 35.5. The van der Waals surface area contributed by atoms with E-state index in [-0.39, 0.29) is 16.4 Å². The fourth-order valence-corrected chi connectivity index (χ4v) is 2.34. The second-order valence-corrected chi connectivity index (χ2v) is 6.94. The molecule has 1 unspecified atom stereocenters. The van der Waals surface area contributed by atoms with E-state index < -0.39 is 29.6 Å². The van der Waals surface area contributed by atoms with Crippen LogP contribution in [0.5, 0.6) is 0 Å². The van der Waals surface area contributed by atoms with Crippen molar-refractivity contribution >= 4 is 23.5 Å². The van der Waals surface area contributed by atoms with Crippen LogP contribution < -0.4 is 5.32 Å². The van der Waals surface area contributed by atoms with Gasteiger partial charge in [-0.05, 0) is 39.7 Å². The van der Waals surface area contributed by atoms with E-state index in [1.807, 2.05) is 0 Å². The van der Waals surface area contributed by atoms with Crippen LogP contribution in [0.3, 0.4) is 0 Å². The Balaban J connectivity index is 2.27. The molecule has 1 fully saturated rings. The fourth-order valence-electron chi connectivity index (χ4n) is 2.09.